The molecule has 0 N–H and O–H groups in total. The molecule has 0 saturated carbocycles. The van der Waals surface area contributed by atoms with Crippen LogP contribution < -0.4 is 0 Å². The van der Waals surface area contributed by atoms with Gasteiger partial charge in [-0.1, -0.05) is 59.3 Å². The van der Waals surface area contributed by atoms with E-state index in [-0.39, 0.29) is 0 Å². The first kappa shape index (κ1) is 34.7. The Bertz CT molecular complexity index is 373. The molecule has 0 bridgehead atoms. The summed E-state index contributed by atoms with van der Waals surface area (Å²) in [5, 5.41) is 0. The minimum Gasteiger partial charge on any atom is -0.379 e. The van der Waals surface area contributed by atoms with Crippen LogP contribution in [0, 0.1) is 5.92 Å². The van der Waals surface area contributed by atoms with Crippen molar-refractivity contribution in [3.8, 4) is 0 Å². The maximum atomic E-state index is 5.57. The van der Waals surface area contributed by atoms with Gasteiger partial charge in [0.2, 0.25) is 0 Å². The predicted octanol–water partition coefficient (Wildman–Crippen LogP) is 4.53. The van der Waals surface area contributed by atoms with Crippen molar-refractivity contribution in [3.63, 3.8) is 0 Å². The van der Waals surface area contributed by atoms with Gasteiger partial charge >= 0.3 is 0 Å². The molecule has 0 aliphatic heterocycles. The van der Waals surface area contributed by atoms with Crippen molar-refractivity contribution in [3.05, 3.63) is 0 Å². The first-order valence-corrected chi connectivity index (χ1v) is 13.9. The Morgan fingerprint density at radius 2 is 0.686 bits per heavy atom. The standard InChI is InChI=1S/C27H56O8/c1-4-6-7-8-9-10-11-28-12-13-29-14-15-30-16-17-31-18-19-32-20-21-33-22-23-34-24-25-35-26-27(3)5-2/h27H,4-26H2,1-3H3. The summed E-state index contributed by atoms with van der Waals surface area (Å²) in [5.74, 6) is 0.609. The van der Waals surface area contributed by atoms with Gasteiger partial charge in [-0.15, -0.1) is 0 Å². The van der Waals surface area contributed by atoms with Crippen LogP contribution in [-0.2, 0) is 37.9 Å². The average molecular weight is 509 g/mol. The summed E-state index contributed by atoms with van der Waals surface area (Å²) in [7, 11) is 0. The van der Waals surface area contributed by atoms with E-state index in [1.165, 1.54) is 32.1 Å². The molecule has 0 aliphatic carbocycles. The van der Waals surface area contributed by atoms with E-state index in [0.717, 1.165) is 26.1 Å². The lowest BCUT2D eigenvalue weighted by Gasteiger charge is -2.10. The van der Waals surface area contributed by atoms with E-state index >= 15 is 0 Å². The minimum atomic E-state index is 0.551. The largest absolute Gasteiger partial charge is 0.379 e. The highest BCUT2D eigenvalue weighted by Gasteiger charge is 1.98. The highest BCUT2D eigenvalue weighted by molar-refractivity contribution is 4.46. The smallest absolute Gasteiger partial charge is 0.0701 e. The van der Waals surface area contributed by atoms with Crippen LogP contribution >= 0.6 is 0 Å². The van der Waals surface area contributed by atoms with Crippen LogP contribution in [0.4, 0.5) is 0 Å². The topological polar surface area (TPSA) is 73.8 Å². The molecule has 0 heterocycles. The van der Waals surface area contributed by atoms with Crippen molar-refractivity contribution < 1.29 is 37.9 Å². The molecule has 0 radical (unpaired) electrons. The molecule has 1 atom stereocenters. The fourth-order valence-electron chi connectivity index (χ4n) is 2.93. The molecule has 0 rings (SSSR count). The molecule has 0 amide bonds. The van der Waals surface area contributed by atoms with Crippen LogP contribution in [0.5, 0.6) is 0 Å². The Hall–Kier alpha value is -0.320. The molecule has 0 spiro atoms. The van der Waals surface area contributed by atoms with Gasteiger partial charge in [0.15, 0.2) is 0 Å². The third-order valence-corrected chi connectivity index (χ3v) is 5.35. The molecule has 0 fully saturated rings. The summed E-state index contributed by atoms with van der Waals surface area (Å²) in [6, 6.07) is 0. The molecular weight excluding hydrogens is 452 g/mol. The molecular formula is C27H56O8. The number of rotatable bonds is 31. The van der Waals surface area contributed by atoms with Crippen molar-refractivity contribution >= 4 is 0 Å². The van der Waals surface area contributed by atoms with Crippen molar-refractivity contribution in [1.29, 1.82) is 0 Å². The van der Waals surface area contributed by atoms with Crippen molar-refractivity contribution in [2.24, 2.45) is 5.92 Å². The van der Waals surface area contributed by atoms with E-state index < -0.39 is 0 Å². The fourth-order valence-corrected chi connectivity index (χ4v) is 2.93. The lowest BCUT2D eigenvalue weighted by Crippen LogP contribution is -2.15. The number of ether oxygens (including phenoxy) is 8. The van der Waals surface area contributed by atoms with Crippen molar-refractivity contribution in [1.82, 2.24) is 0 Å². The van der Waals surface area contributed by atoms with Gasteiger partial charge in [-0.25, -0.2) is 0 Å². The van der Waals surface area contributed by atoms with Gasteiger partial charge < -0.3 is 37.9 Å². The Balaban J connectivity index is 3.02. The molecule has 8 nitrogen and oxygen atoms in total. The minimum absolute atomic E-state index is 0.551. The Morgan fingerprint density at radius 3 is 1.06 bits per heavy atom. The van der Waals surface area contributed by atoms with Crippen LogP contribution in [0.2, 0.25) is 0 Å². The van der Waals surface area contributed by atoms with Crippen LogP contribution in [0.25, 0.3) is 0 Å². The number of hydrogen-bond acceptors (Lipinski definition) is 8. The zero-order valence-electron chi connectivity index (χ0n) is 23.1. The molecule has 0 aromatic carbocycles. The summed E-state index contributed by atoms with van der Waals surface area (Å²) in [5.41, 5.74) is 0. The van der Waals surface area contributed by atoms with Gasteiger partial charge in [-0.2, -0.15) is 0 Å². The monoisotopic (exact) mass is 508 g/mol. The summed E-state index contributed by atoms with van der Waals surface area (Å²) >= 11 is 0. The normalized spacial score (nSPS) is 12.4. The molecule has 0 aliphatic rings. The predicted molar refractivity (Wildman–Crippen MR) is 139 cm³/mol. The quantitative estimate of drug-likeness (QED) is 0.127. The second-order valence-electron chi connectivity index (χ2n) is 8.64. The third-order valence-electron chi connectivity index (χ3n) is 5.35. The van der Waals surface area contributed by atoms with E-state index in [9.17, 15) is 0 Å². The van der Waals surface area contributed by atoms with Gasteiger partial charge in [0.05, 0.1) is 92.5 Å². The van der Waals surface area contributed by atoms with Gasteiger partial charge in [-0.05, 0) is 12.3 Å². The molecule has 0 aromatic rings. The van der Waals surface area contributed by atoms with E-state index in [4.69, 9.17) is 37.9 Å². The molecule has 0 saturated heterocycles. The van der Waals surface area contributed by atoms with Crippen LogP contribution in [0.3, 0.4) is 0 Å². The molecule has 8 heteroatoms. The van der Waals surface area contributed by atoms with Gasteiger partial charge in [-0.3, -0.25) is 0 Å². The highest BCUT2D eigenvalue weighted by atomic mass is 16.6. The second kappa shape index (κ2) is 31.7. The van der Waals surface area contributed by atoms with Crippen LogP contribution in [0.15, 0.2) is 0 Å². The summed E-state index contributed by atoms with van der Waals surface area (Å²) in [6.45, 7) is 16.4. The summed E-state index contributed by atoms with van der Waals surface area (Å²) in [4.78, 5) is 0. The Kier molecular flexibility index (Phi) is 31.4. The van der Waals surface area contributed by atoms with E-state index in [1.807, 2.05) is 0 Å². The highest BCUT2D eigenvalue weighted by Crippen LogP contribution is 2.04. The summed E-state index contributed by atoms with van der Waals surface area (Å²) < 4.78 is 44.0. The maximum absolute atomic E-state index is 5.57. The van der Waals surface area contributed by atoms with E-state index in [2.05, 4.69) is 20.8 Å². The third kappa shape index (κ3) is 31.7. The average Bonchev–Trinajstić information content (AvgIpc) is 2.87. The van der Waals surface area contributed by atoms with Crippen LogP contribution in [0.1, 0.15) is 65.7 Å². The SMILES string of the molecule is CCCCCCCCOCCOCCOCCOCCOCCOCCOCCOCC(C)CC. The first-order chi connectivity index (χ1) is 17.3. The molecule has 1 unspecified atom stereocenters. The van der Waals surface area contributed by atoms with Gasteiger partial charge in [0.1, 0.15) is 0 Å². The zero-order valence-corrected chi connectivity index (χ0v) is 23.1. The lowest BCUT2D eigenvalue weighted by molar-refractivity contribution is -0.0238. The Morgan fingerprint density at radius 1 is 0.371 bits per heavy atom. The second-order valence-corrected chi connectivity index (χ2v) is 8.64. The summed E-state index contributed by atoms with van der Waals surface area (Å²) in [6.07, 6.45) is 8.87. The van der Waals surface area contributed by atoms with Crippen molar-refractivity contribution in [2.75, 3.05) is 106 Å². The first-order valence-electron chi connectivity index (χ1n) is 13.9. The van der Waals surface area contributed by atoms with Gasteiger partial charge in [0.25, 0.3) is 0 Å². The maximum Gasteiger partial charge on any atom is 0.0701 e. The van der Waals surface area contributed by atoms with E-state index in [0.29, 0.717) is 98.4 Å². The number of unbranched alkanes of at least 4 members (excludes halogenated alkanes) is 5. The zero-order chi connectivity index (χ0) is 25.5. The molecule has 35 heavy (non-hydrogen) atoms. The van der Waals surface area contributed by atoms with Crippen molar-refractivity contribution in [2.45, 2.75) is 65.7 Å². The molecule has 0 aromatic heterocycles. The van der Waals surface area contributed by atoms with Gasteiger partial charge in [0, 0.05) is 13.2 Å². The lowest BCUT2D eigenvalue weighted by atomic mass is 10.1. The van der Waals surface area contributed by atoms with E-state index in [1.54, 1.807) is 0 Å². The fraction of sp³-hybridized carbons (Fsp3) is 1.00. The van der Waals surface area contributed by atoms with Crippen LogP contribution in [-0.4, -0.2) is 106 Å². The number of hydrogen-bond donors (Lipinski definition) is 0. The molecule has 212 valence electrons. The Labute approximate surface area is 215 Å².